The Morgan fingerprint density at radius 2 is 2.04 bits per heavy atom. The van der Waals surface area contributed by atoms with Gasteiger partial charge >= 0.3 is 5.69 Å². The number of rotatable bonds is 5. The van der Waals surface area contributed by atoms with Crippen LogP contribution in [-0.4, -0.2) is 42.5 Å². The predicted molar refractivity (Wildman–Crippen MR) is 93.8 cm³/mol. The molecule has 0 aliphatic carbocycles. The highest BCUT2D eigenvalue weighted by Gasteiger charge is 2.19. The van der Waals surface area contributed by atoms with Gasteiger partial charge in [0.15, 0.2) is 17.2 Å². The van der Waals surface area contributed by atoms with Crippen LogP contribution in [0.1, 0.15) is 15.9 Å². The Bertz CT molecular complexity index is 927. The normalized spacial score (nSPS) is 12.6. The van der Waals surface area contributed by atoms with Crippen LogP contribution < -0.4 is 19.6 Å². The Kier molecular flexibility index (Phi) is 5.06. The van der Waals surface area contributed by atoms with Gasteiger partial charge in [-0.2, -0.15) is 5.10 Å². The van der Waals surface area contributed by atoms with Gasteiger partial charge in [0.05, 0.1) is 18.2 Å². The monoisotopic (exact) mass is 373 g/mol. The number of phenols is 1. The van der Waals surface area contributed by atoms with Crippen LogP contribution in [0.3, 0.4) is 0 Å². The van der Waals surface area contributed by atoms with E-state index in [0.717, 1.165) is 6.07 Å². The summed E-state index contributed by atoms with van der Waals surface area (Å²) in [5, 5.41) is 24.5. The summed E-state index contributed by atoms with van der Waals surface area (Å²) in [5.74, 6) is -0.131. The van der Waals surface area contributed by atoms with E-state index in [0.29, 0.717) is 30.3 Å². The number of hydrazone groups is 1. The van der Waals surface area contributed by atoms with Gasteiger partial charge in [-0.15, -0.1) is 0 Å². The number of carbonyl (C=O) groups excluding carboxylic acids is 1. The molecule has 2 N–H and O–H groups in total. The first-order valence-corrected chi connectivity index (χ1v) is 7.78. The smallest absolute Gasteiger partial charge is 0.315 e. The fraction of sp³-hybridized carbons (Fsp3) is 0.176. The number of methoxy groups -OCH3 is 1. The van der Waals surface area contributed by atoms with Crippen LogP contribution in [0.15, 0.2) is 35.4 Å². The third-order valence-electron chi connectivity index (χ3n) is 3.68. The van der Waals surface area contributed by atoms with E-state index in [2.05, 4.69) is 10.5 Å². The average Bonchev–Trinajstić information content (AvgIpc) is 2.68. The molecular formula is C17H15N3O7. The molecule has 3 rings (SSSR count). The second-order valence-corrected chi connectivity index (χ2v) is 5.41. The van der Waals surface area contributed by atoms with E-state index in [4.69, 9.17) is 14.2 Å². The number of phenolic OH excluding ortho intramolecular Hbond substituents is 1. The number of ether oxygens (including phenoxy) is 3. The molecule has 0 atom stereocenters. The van der Waals surface area contributed by atoms with Gasteiger partial charge in [-0.1, -0.05) is 0 Å². The fourth-order valence-electron chi connectivity index (χ4n) is 2.40. The van der Waals surface area contributed by atoms with Crippen LogP contribution in [0.5, 0.6) is 23.0 Å². The highest BCUT2D eigenvalue weighted by atomic mass is 16.6. The predicted octanol–water partition coefficient (Wildman–Crippen LogP) is 1.84. The number of benzene rings is 2. The van der Waals surface area contributed by atoms with Gasteiger partial charge in [0.1, 0.15) is 13.2 Å². The summed E-state index contributed by atoms with van der Waals surface area (Å²) in [5.41, 5.74) is 2.36. The first-order valence-electron chi connectivity index (χ1n) is 7.78. The number of aromatic hydroxyl groups is 1. The van der Waals surface area contributed by atoms with Crippen molar-refractivity contribution >= 4 is 17.8 Å². The molecule has 1 aliphatic heterocycles. The summed E-state index contributed by atoms with van der Waals surface area (Å²) in [6.45, 7) is 0.850. The summed E-state index contributed by atoms with van der Waals surface area (Å²) in [6, 6.07) is 7.18. The fourth-order valence-corrected chi connectivity index (χ4v) is 2.40. The maximum atomic E-state index is 12.2. The van der Waals surface area contributed by atoms with Crippen LogP contribution in [0, 0.1) is 10.1 Å². The number of hydrogen-bond acceptors (Lipinski definition) is 8. The van der Waals surface area contributed by atoms with Crippen LogP contribution in [0.25, 0.3) is 0 Å². The number of amides is 1. The Labute approximate surface area is 153 Å². The first kappa shape index (κ1) is 18.0. The molecule has 0 saturated heterocycles. The van der Waals surface area contributed by atoms with Gasteiger partial charge in [-0.05, 0) is 24.3 Å². The molecule has 0 spiro atoms. The minimum atomic E-state index is -0.747. The van der Waals surface area contributed by atoms with E-state index in [9.17, 15) is 20.0 Å². The molecule has 27 heavy (non-hydrogen) atoms. The van der Waals surface area contributed by atoms with Crippen molar-refractivity contribution in [3.8, 4) is 23.0 Å². The second-order valence-electron chi connectivity index (χ2n) is 5.41. The molecule has 0 saturated carbocycles. The number of nitro groups is 1. The molecule has 1 aliphatic rings. The zero-order chi connectivity index (χ0) is 19.4. The van der Waals surface area contributed by atoms with Crippen molar-refractivity contribution in [1.82, 2.24) is 5.43 Å². The minimum Gasteiger partial charge on any atom is -0.500 e. The van der Waals surface area contributed by atoms with Gasteiger partial charge in [0.2, 0.25) is 5.75 Å². The minimum absolute atomic E-state index is 0.0798. The number of hydrogen-bond donors (Lipinski definition) is 2. The lowest BCUT2D eigenvalue weighted by Crippen LogP contribution is -2.19. The van der Waals surface area contributed by atoms with Crippen LogP contribution in [0.4, 0.5) is 5.69 Å². The second kappa shape index (κ2) is 7.60. The number of nitrogens with zero attached hydrogens (tertiary/aromatic N) is 2. The van der Waals surface area contributed by atoms with Gasteiger partial charge in [0.25, 0.3) is 5.91 Å². The van der Waals surface area contributed by atoms with Crippen LogP contribution in [-0.2, 0) is 0 Å². The van der Waals surface area contributed by atoms with E-state index in [-0.39, 0.29) is 11.3 Å². The molecule has 10 heteroatoms. The maximum Gasteiger partial charge on any atom is 0.315 e. The summed E-state index contributed by atoms with van der Waals surface area (Å²) in [4.78, 5) is 22.4. The van der Waals surface area contributed by atoms with Crippen LogP contribution in [0.2, 0.25) is 0 Å². The topological polar surface area (TPSA) is 133 Å². The third kappa shape index (κ3) is 3.89. The van der Waals surface area contributed by atoms with Crippen molar-refractivity contribution in [2.75, 3.05) is 20.3 Å². The van der Waals surface area contributed by atoms with E-state index < -0.39 is 22.3 Å². The molecule has 0 unspecified atom stereocenters. The lowest BCUT2D eigenvalue weighted by molar-refractivity contribution is -0.386. The van der Waals surface area contributed by atoms with Gasteiger partial charge in [-0.3, -0.25) is 14.9 Å². The SMILES string of the molecule is COc1cc(C=NNC(=O)c2ccc3c(c2)OCCO3)cc([N+](=O)[O-])c1O. The Hall–Kier alpha value is -3.82. The lowest BCUT2D eigenvalue weighted by atomic mass is 10.2. The zero-order valence-electron chi connectivity index (χ0n) is 14.2. The largest absolute Gasteiger partial charge is 0.500 e. The Morgan fingerprint density at radius 3 is 2.74 bits per heavy atom. The van der Waals surface area contributed by atoms with Gasteiger partial charge in [0, 0.05) is 17.2 Å². The molecule has 1 amide bonds. The highest BCUT2D eigenvalue weighted by Crippen LogP contribution is 2.36. The zero-order valence-corrected chi connectivity index (χ0v) is 14.2. The number of nitrogens with one attached hydrogen (secondary N) is 1. The van der Waals surface area contributed by atoms with E-state index in [1.807, 2.05) is 0 Å². The van der Waals surface area contributed by atoms with Crippen molar-refractivity contribution in [3.63, 3.8) is 0 Å². The molecule has 0 bridgehead atoms. The van der Waals surface area contributed by atoms with Crippen molar-refractivity contribution < 1.29 is 29.0 Å². The number of carbonyl (C=O) groups is 1. The van der Waals surface area contributed by atoms with Crippen LogP contribution >= 0.6 is 0 Å². The van der Waals surface area contributed by atoms with Gasteiger partial charge < -0.3 is 19.3 Å². The Morgan fingerprint density at radius 1 is 1.30 bits per heavy atom. The molecule has 140 valence electrons. The molecule has 2 aromatic rings. The standard InChI is InChI=1S/C17H15N3O7/c1-25-15-7-10(6-12(16(15)21)20(23)24)9-18-19-17(22)11-2-3-13-14(8-11)27-5-4-26-13/h2-3,6-9,21H,4-5H2,1H3,(H,19,22). The van der Waals surface area contributed by atoms with Crippen molar-refractivity contribution in [2.24, 2.45) is 5.10 Å². The van der Waals surface area contributed by atoms with Crippen molar-refractivity contribution in [1.29, 1.82) is 0 Å². The molecule has 0 aromatic heterocycles. The summed E-state index contributed by atoms with van der Waals surface area (Å²) in [7, 11) is 1.27. The molecule has 10 nitrogen and oxygen atoms in total. The lowest BCUT2D eigenvalue weighted by Gasteiger charge is -2.18. The third-order valence-corrected chi connectivity index (χ3v) is 3.68. The molecule has 1 heterocycles. The van der Waals surface area contributed by atoms with E-state index in [1.165, 1.54) is 25.5 Å². The van der Waals surface area contributed by atoms with E-state index >= 15 is 0 Å². The first-order chi connectivity index (χ1) is 13.0. The molecular weight excluding hydrogens is 358 g/mol. The maximum absolute atomic E-state index is 12.2. The number of nitro benzene ring substituents is 1. The van der Waals surface area contributed by atoms with Gasteiger partial charge in [-0.25, -0.2) is 5.43 Å². The summed E-state index contributed by atoms with van der Waals surface area (Å²) < 4.78 is 15.7. The molecule has 2 aromatic carbocycles. The highest BCUT2D eigenvalue weighted by molar-refractivity contribution is 5.95. The summed E-state index contributed by atoms with van der Waals surface area (Å²) >= 11 is 0. The average molecular weight is 373 g/mol. The van der Waals surface area contributed by atoms with E-state index in [1.54, 1.807) is 12.1 Å². The molecule has 0 fully saturated rings. The summed E-state index contributed by atoms with van der Waals surface area (Å²) in [6.07, 6.45) is 1.20. The van der Waals surface area contributed by atoms with Crippen molar-refractivity contribution in [2.45, 2.75) is 0 Å². The van der Waals surface area contributed by atoms with Crippen molar-refractivity contribution in [3.05, 3.63) is 51.6 Å². The molecule has 0 radical (unpaired) electrons. The quantitative estimate of drug-likeness (QED) is 0.464. The Balaban J connectivity index is 1.74. The number of fused-ring (bicyclic) bond motifs is 1.